The van der Waals surface area contributed by atoms with E-state index in [2.05, 4.69) is 22.9 Å². The molecule has 2 N–H and O–H groups in total. The highest BCUT2D eigenvalue weighted by Crippen LogP contribution is 2.13. The molecule has 8 heteroatoms. The van der Waals surface area contributed by atoms with Gasteiger partial charge in [0.25, 0.3) is 17.4 Å². The maximum absolute atomic E-state index is 12.4. The van der Waals surface area contributed by atoms with Crippen LogP contribution in [0.5, 0.6) is 5.75 Å². The van der Waals surface area contributed by atoms with E-state index in [1.54, 1.807) is 48.5 Å². The van der Waals surface area contributed by atoms with Gasteiger partial charge in [0.2, 0.25) is 0 Å². The Morgan fingerprint density at radius 1 is 0.875 bits per heavy atom. The molecule has 166 valence electrons. The third-order valence-corrected chi connectivity index (χ3v) is 4.71. The molecule has 0 spiro atoms. The first-order valence-corrected chi connectivity index (χ1v) is 10.6. The zero-order valence-electron chi connectivity index (χ0n) is 17.9. The summed E-state index contributed by atoms with van der Waals surface area (Å²) in [7, 11) is 0. The van der Waals surface area contributed by atoms with E-state index in [0.717, 1.165) is 17.5 Å². The summed E-state index contributed by atoms with van der Waals surface area (Å²) in [4.78, 5) is 36.8. The molecule has 3 rings (SSSR count). The van der Waals surface area contributed by atoms with Crippen molar-refractivity contribution in [3.05, 3.63) is 88.3 Å². The molecule has 0 saturated heterocycles. The maximum Gasteiger partial charge on any atom is 0.290 e. The van der Waals surface area contributed by atoms with E-state index in [1.807, 2.05) is 6.07 Å². The Morgan fingerprint density at radius 2 is 1.59 bits per heavy atom. The normalized spacial score (nSPS) is 10.4. The predicted molar refractivity (Wildman–Crippen MR) is 121 cm³/mol. The minimum atomic E-state index is -0.643. The van der Waals surface area contributed by atoms with Crippen LogP contribution in [0, 0.1) is 0 Å². The van der Waals surface area contributed by atoms with Crippen LogP contribution in [0.2, 0.25) is 0 Å². The number of unbranched alkanes of at least 4 members (excludes halogenated alkanes) is 3. The van der Waals surface area contributed by atoms with E-state index in [0.29, 0.717) is 23.6 Å². The summed E-state index contributed by atoms with van der Waals surface area (Å²) < 4.78 is 6.79. The summed E-state index contributed by atoms with van der Waals surface area (Å²) in [6.45, 7) is 2.80. The van der Waals surface area contributed by atoms with Crippen molar-refractivity contribution in [1.29, 1.82) is 0 Å². The average Bonchev–Trinajstić information content (AvgIpc) is 2.83. The number of nitrogens with one attached hydrogen (secondary N) is 2. The molecule has 2 aromatic carbocycles. The lowest BCUT2D eigenvalue weighted by atomic mass is 10.2. The molecule has 1 heterocycles. The van der Waals surface area contributed by atoms with Crippen molar-refractivity contribution >= 4 is 11.8 Å². The summed E-state index contributed by atoms with van der Waals surface area (Å²) in [5, 5.41) is 4.08. The Kier molecular flexibility index (Phi) is 8.14. The van der Waals surface area contributed by atoms with Crippen molar-refractivity contribution in [2.45, 2.75) is 32.6 Å². The SMILES string of the molecule is CCCCCCOc1ccc(C(=O)NNC(=O)c2ccc(=O)n(-c3ccccc3)n2)cc1. The second-order valence-corrected chi connectivity index (χ2v) is 7.15. The number of rotatable bonds is 9. The summed E-state index contributed by atoms with van der Waals surface area (Å²) in [5.74, 6) is -0.436. The van der Waals surface area contributed by atoms with Crippen molar-refractivity contribution in [3.8, 4) is 11.4 Å². The molecule has 0 aliphatic heterocycles. The molecule has 2 amide bonds. The van der Waals surface area contributed by atoms with Gasteiger partial charge in [-0.1, -0.05) is 44.4 Å². The van der Waals surface area contributed by atoms with Gasteiger partial charge in [-0.05, 0) is 48.9 Å². The number of para-hydroxylation sites is 1. The van der Waals surface area contributed by atoms with E-state index < -0.39 is 11.8 Å². The van der Waals surface area contributed by atoms with Gasteiger partial charge in [-0.3, -0.25) is 25.2 Å². The lowest BCUT2D eigenvalue weighted by Gasteiger charge is -2.10. The van der Waals surface area contributed by atoms with E-state index in [4.69, 9.17) is 4.74 Å². The molecule has 8 nitrogen and oxygen atoms in total. The molecule has 0 aliphatic carbocycles. The zero-order chi connectivity index (χ0) is 22.8. The molecular weight excluding hydrogens is 408 g/mol. The minimum absolute atomic E-state index is 0.0134. The fourth-order valence-electron chi connectivity index (χ4n) is 2.96. The molecule has 1 aromatic heterocycles. The first-order chi connectivity index (χ1) is 15.6. The number of carbonyl (C=O) groups is 2. The highest BCUT2D eigenvalue weighted by Gasteiger charge is 2.12. The van der Waals surface area contributed by atoms with Crippen molar-refractivity contribution in [2.24, 2.45) is 0 Å². The Balaban J connectivity index is 1.55. The molecule has 0 bridgehead atoms. The van der Waals surface area contributed by atoms with Crippen LogP contribution in [0.25, 0.3) is 5.69 Å². The van der Waals surface area contributed by atoms with Gasteiger partial charge in [0.05, 0.1) is 12.3 Å². The highest BCUT2D eigenvalue weighted by molar-refractivity contribution is 5.98. The lowest BCUT2D eigenvalue weighted by Crippen LogP contribution is -2.42. The van der Waals surface area contributed by atoms with E-state index in [-0.39, 0.29) is 11.3 Å². The van der Waals surface area contributed by atoms with Crippen LogP contribution in [0.1, 0.15) is 53.5 Å². The van der Waals surface area contributed by atoms with Gasteiger partial charge >= 0.3 is 0 Å². The minimum Gasteiger partial charge on any atom is -0.494 e. The van der Waals surface area contributed by atoms with Gasteiger partial charge in [-0.2, -0.15) is 9.78 Å². The van der Waals surface area contributed by atoms with Crippen molar-refractivity contribution in [3.63, 3.8) is 0 Å². The third-order valence-electron chi connectivity index (χ3n) is 4.71. The highest BCUT2D eigenvalue weighted by atomic mass is 16.5. The summed E-state index contributed by atoms with van der Waals surface area (Å²) in [6.07, 6.45) is 4.49. The first kappa shape index (κ1) is 22.7. The number of nitrogens with zero attached hydrogens (tertiary/aromatic N) is 2. The van der Waals surface area contributed by atoms with Crippen LogP contribution in [0.4, 0.5) is 0 Å². The van der Waals surface area contributed by atoms with Crippen molar-refractivity contribution < 1.29 is 14.3 Å². The van der Waals surface area contributed by atoms with Crippen LogP contribution >= 0.6 is 0 Å². The van der Waals surface area contributed by atoms with Gasteiger partial charge in [0, 0.05) is 11.6 Å². The molecule has 0 saturated carbocycles. The van der Waals surface area contributed by atoms with E-state index in [9.17, 15) is 14.4 Å². The van der Waals surface area contributed by atoms with Crippen LogP contribution in [0.3, 0.4) is 0 Å². The molecule has 32 heavy (non-hydrogen) atoms. The second-order valence-electron chi connectivity index (χ2n) is 7.15. The fourth-order valence-corrected chi connectivity index (χ4v) is 2.96. The number of hydrogen-bond donors (Lipinski definition) is 2. The average molecular weight is 434 g/mol. The molecule has 0 unspecified atom stereocenters. The van der Waals surface area contributed by atoms with E-state index >= 15 is 0 Å². The molecule has 0 radical (unpaired) electrons. The number of benzene rings is 2. The van der Waals surface area contributed by atoms with Crippen LogP contribution in [-0.2, 0) is 0 Å². The Bertz CT molecular complexity index is 1090. The maximum atomic E-state index is 12.4. The number of hydrazine groups is 1. The third kappa shape index (κ3) is 6.28. The van der Waals surface area contributed by atoms with E-state index in [1.165, 1.54) is 25.0 Å². The quantitative estimate of drug-likeness (QED) is 0.398. The topological polar surface area (TPSA) is 102 Å². The largest absolute Gasteiger partial charge is 0.494 e. The van der Waals surface area contributed by atoms with Gasteiger partial charge in [0.15, 0.2) is 5.69 Å². The smallest absolute Gasteiger partial charge is 0.290 e. The monoisotopic (exact) mass is 434 g/mol. The van der Waals surface area contributed by atoms with Gasteiger partial charge in [0.1, 0.15) is 5.75 Å². The molecular formula is C24H26N4O4. The van der Waals surface area contributed by atoms with Gasteiger partial charge in [-0.15, -0.1) is 0 Å². The summed E-state index contributed by atoms with van der Waals surface area (Å²) in [5.41, 5.74) is 5.18. The second kappa shape index (κ2) is 11.5. The summed E-state index contributed by atoms with van der Waals surface area (Å²) in [6, 6.07) is 18.0. The number of aromatic nitrogens is 2. The number of carbonyl (C=O) groups excluding carboxylic acids is 2. The van der Waals surface area contributed by atoms with Gasteiger partial charge in [-0.25, -0.2) is 0 Å². The standard InChI is InChI=1S/C24H26N4O4/c1-2-3-4-8-17-32-20-13-11-18(12-14-20)23(30)25-26-24(31)21-15-16-22(29)28(27-21)19-9-6-5-7-10-19/h5-7,9-16H,2-4,8,17H2,1H3,(H,25,30)(H,26,31). The Hall–Kier alpha value is -3.94. The Labute approximate surface area is 186 Å². The molecule has 3 aromatic rings. The summed E-state index contributed by atoms with van der Waals surface area (Å²) >= 11 is 0. The first-order valence-electron chi connectivity index (χ1n) is 10.6. The molecule has 0 atom stereocenters. The van der Waals surface area contributed by atoms with Crippen molar-refractivity contribution in [1.82, 2.24) is 20.6 Å². The predicted octanol–water partition coefficient (Wildman–Crippen LogP) is 3.27. The van der Waals surface area contributed by atoms with Crippen LogP contribution in [0.15, 0.2) is 71.5 Å². The fraction of sp³-hybridized carbons (Fsp3) is 0.250. The van der Waals surface area contributed by atoms with Gasteiger partial charge < -0.3 is 4.74 Å². The number of ether oxygens (including phenoxy) is 1. The molecule has 0 aliphatic rings. The molecule has 0 fully saturated rings. The number of hydrogen-bond acceptors (Lipinski definition) is 5. The van der Waals surface area contributed by atoms with Crippen LogP contribution < -0.4 is 21.1 Å². The zero-order valence-corrected chi connectivity index (χ0v) is 17.9. The lowest BCUT2D eigenvalue weighted by molar-refractivity contribution is 0.0843. The Morgan fingerprint density at radius 3 is 2.31 bits per heavy atom. The van der Waals surface area contributed by atoms with Crippen molar-refractivity contribution in [2.75, 3.05) is 6.61 Å². The number of amides is 2. The van der Waals surface area contributed by atoms with Crippen LogP contribution in [-0.4, -0.2) is 28.2 Å².